The molecule has 0 saturated heterocycles. The third-order valence-corrected chi connectivity index (χ3v) is 4.72. The van der Waals surface area contributed by atoms with Crippen LogP contribution >= 0.6 is 11.6 Å². The second-order valence-corrected chi connectivity index (χ2v) is 6.81. The quantitative estimate of drug-likeness (QED) is 0.588. The molecule has 0 N–H and O–H groups in total. The monoisotopic (exact) mass is 402 g/mol. The minimum absolute atomic E-state index is 0.0499. The maximum Gasteiger partial charge on any atom is 0.259 e. The molecule has 0 spiro atoms. The molecule has 5 nitrogen and oxygen atoms in total. The molecule has 3 aromatic rings. The van der Waals surface area contributed by atoms with E-state index in [0.29, 0.717) is 18.9 Å². The molecule has 7 heteroatoms. The first-order valence-corrected chi connectivity index (χ1v) is 9.12. The number of para-hydroxylation sites is 1. The molecular formula is C21H20ClFN2O3. The van der Waals surface area contributed by atoms with Gasteiger partial charge in [-0.3, -0.25) is 4.79 Å². The normalized spacial score (nSPS) is 10.8. The summed E-state index contributed by atoms with van der Waals surface area (Å²) in [5, 5.41) is 4.03. The van der Waals surface area contributed by atoms with E-state index in [-0.39, 0.29) is 27.8 Å². The number of hydrogen-bond acceptors (Lipinski definition) is 4. The van der Waals surface area contributed by atoms with Crippen LogP contribution in [0.2, 0.25) is 5.02 Å². The van der Waals surface area contributed by atoms with E-state index in [1.54, 1.807) is 14.0 Å². The van der Waals surface area contributed by atoms with Crippen LogP contribution in [0.5, 0.6) is 5.75 Å². The number of carbonyl (C=O) groups excluding carboxylic acids is 1. The molecule has 1 amide bonds. The van der Waals surface area contributed by atoms with Crippen LogP contribution in [-0.2, 0) is 0 Å². The van der Waals surface area contributed by atoms with E-state index in [0.717, 1.165) is 11.3 Å². The third kappa shape index (κ3) is 4.02. The molecule has 0 radical (unpaired) electrons. The van der Waals surface area contributed by atoms with Crippen LogP contribution in [0.3, 0.4) is 0 Å². The highest BCUT2D eigenvalue weighted by Crippen LogP contribution is 2.33. The highest BCUT2D eigenvalue weighted by atomic mass is 35.5. The van der Waals surface area contributed by atoms with Crippen molar-refractivity contribution in [3.8, 4) is 17.0 Å². The predicted molar refractivity (Wildman–Crippen MR) is 105 cm³/mol. The number of aromatic nitrogens is 1. The van der Waals surface area contributed by atoms with Gasteiger partial charge in [0.05, 0.1) is 17.1 Å². The molecule has 146 valence electrons. The van der Waals surface area contributed by atoms with Crippen LogP contribution in [0.15, 0.2) is 47.0 Å². The molecule has 0 fully saturated rings. The summed E-state index contributed by atoms with van der Waals surface area (Å²) in [7, 11) is 1.64. The molecule has 1 heterocycles. The molecule has 0 unspecified atom stereocenters. The van der Waals surface area contributed by atoms with Crippen LogP contribution in [0.4, 0.5) is 4.39 Å². The van der Waals surface area contributed by atoms with Crippen molar-refractivity contribution in [2.45, 2.75) is 13.8 Å². The first kappa shape index (κ1) is 19.9. The second-order valence-electron chi connectivity index (χ2n) is 6.40. The molecule has 0 saturated carbocycles. The van der Waals surface area contributed by atoms with Gasteiger partial charge in [-0.2, -0.15) is 0 Å². The van der Waals surface area contributed by atoms with Gasteiger partial charge < -0.3 is 14.2 Å². The van der Waals surface area contributed by atoms with E-state index < -0.39 is 5.82 Å². The van der Waals surface area contributed by atoms with E-state index >= 15 is 0 Å². The first-order chi connectivity index (χ1) is 13.4. The van der Waals surface area contributed by atoms with Gasteiger partial charge >= 0.3 is 0 Å². The van der Waals surface area contributed by atoms with Crippen molar-refractivity contribution >= 4 is 17.5 Å². The Hall–Kier alpha value is -2.86. The van der Waals surface area contributed by atoms with Crippen LogP contribution in [0.1, 0.15) is 21.7 Å². The summed E-state index contributed by atoms with van der Waals surface area (Å²) >= 11 is 6.13. The highest BCUT2D eigenvalue weighted by Gasteiger charge is 2.27. The SMILES string of the molecule is Cc1ccccc1OCCN(C)C(=O)c1c(-c2c(F)cccc2Cl)noc1C. The zero-order chi connectivity index (χ0) is 20.3. The number of rotatable bonds is 6. The summed E-state index contributed by atoms with van der Waals surface area (Å²) in [5.74, 6) is 0.149. The van der Waals surface area contributed by atoms with Crippen molar-refractivity contribution in [1.82, 2.24) is 10.1 Å². The lowest BCUT2D eigenvalue weighted by Crippen LogP contribution is -2.31. The molecular weight excluding hydrogens is 383 g/mol. The molecule has 0 aliphatic heterocycles. The third-order valence-electron chi connectivity index (χ3n) is 4.40. The van der Waals surface area contributed by atoms with Crippen LogP contribution < -0.4 is 4.74 Å². The molecule has 0 atom stereocenters. The van der Waals surface area contributed by atoms with Crippen molar-refractivity contribution in [2.75, 3.05) is 20.2 Å². The maximum absolute atomic E-state index is 14.3. The van der Waals surface area contributed by atoms with Crippen LogP contribution in [-0.4, -0.2) is 36.2 Å². The van der Waals surface area contributed by atoms with Gasteiger partial charge in [0, 0.05) is 7.05 Å². The summed E-state index contributed by atoms with van der Waals surface area (Å²) in [6, 6.07) is 11.9. The van der Waals surface area contributed by atoms with Gasteiger partial charge in [0.25, 0.3) is 5.91 Å². The fourth-order valence-corrected chi connectivity index (χ4v) is 3.07. The smallest absolute Gasteiger partial charge is 0.259 e. The lowest BCUT2D eigenvalue weighted by atomic mass is 10.0. The Kier molecular flexibility index (Phi) is 5.99. The molecule has 0 aliphatic carbocycles. The van der Waals surface area contributed by atoms with Crippen LogP contribution in [0.25, 0.3) is 11.3 Å². The standard InChI is InChI=1S/C21H20ClFN2O3/c1-13-7-4-5-10-17(13)27-12-11-25(3)21(26)18-14(2)28-24-20(18)19-15(22)8-6-9-16(19)23/h4-10H,11-12H2,1-3H3. The lowest BCUT2D eigenvalue weighted by Gasteiger charge is -2.18. The van der Waals surface area contributed by atoms with Gasteiger partial charge in [-0.15, -0.1) is 0 Å². The van der Waals surface area contributed by atoms with E-state index in [4.69, 9.17) is 20.9 Å². The molecule has 3 rings (SSSR count). The van der Waals surface area contributed by atoms with E-state index in [1.807, 2.05) is 31.2 Å². The number of hydrogen-bond donors (Lipinski definition) is 0. The topological polar surface area (TPSA) is 55.6 Å². The summed E-state index contributed by atoms with van der Waals surface area (Å²) < 4.78 is 25.2. The Balaban J connectivity index is 1.77. The number of amides is 1. The van der Waals surface area contributed by atoms with E-state index in [2.05, 4.69) is 5.16 Å². The van der Waals surface area contributed by atoms with Crippen molar-refractivity contribution in [2.24, 2.45) is 0 Å². The van der Waals surface area contributed by atoms with Crippen LogP contribution in [0, 0.1) is 19.7 Å². The Bertz CT molecular complexity index is 983. The van der Waals surface area contributed by atoms with E-state index in [1.165, 1.54) is 23.1 Å². The summed E-state index contributed by atoms with van der Waals surface area (Å²) in [5.41, 5.74) is 1.35. The number of nitrogens with zero attached hydrogens (tertiary/aromatic N) is 2. The summed E-state index contributed by atoms with van der Waals surface area (Å²) in [4.78, 5) is 14.4. The number of ether oxygens (including phenoxy) is 1. The molecule has 28 heavy (non-hydrogen) atoms. The number of likely N-dealkylation sites (N-methyl/N-ethyl adjacent to an activating group) is 1. The summed E-state index contributed by atoms with van der Waals surface area (Å²) in [6.07, 6.45) is 0. The largest absolute Gasteiger partial charge is 0.491 e. The van der Waals surface area contributed by atoms with Gasteiger partial charge in [0.2, 0.25) is 0 Å². The second kappa shape index (κ2) is 8.44. The molecule has 2 aromatic carbocycles. The lowest BCUT2D eigenvalue weighted by molar-refractivity contribution is 0.0772. The zero-order valence-corrected chi connectivity index (χ0v) is 16.6. The van der Waals surface area contributed by atoms with Crippen molar-refractivity contribution in [3.63, 3.8) is 0 Å². The fraction of sp³-hybridized carbons (Fsp3) is 0.238. The molecule has 0 aliphatic rings. The fourth-order valence-electron chi connectivity index (χ4n) is 2.82. The average Bonchev–Trinajstić information content (AvgIpc) is 3.03. The van der Waals surface area contributed by atoms with Gasteiger partial charge in [0.1, 0.15) is 35.2 Å². The Morgan fingerprint density at radius 3 is 2.68 bits per heavy atom. The van der Waals surface area contributed by atoms with Gasteiger partial charge in [0.15, 0.2) is 0 Å². The van der Waals surface area contributed by atoms with Crippen molar-refractivity contribution in [1.29, 1.82) is 0 Å². The zero-order valence-electron chi connectivity index (χ0n) is 15.8. The number of halogens is 2. The number of carbonyl (C=O) groups is 1. The number of aryl methyl sites for hydroxylation is 2. The summed E-state index contributed by atoms with van der Waals surface area (Å²) in [6.45, 7) is 4.21. The minimum Gasteiger partial charge on any atom is -0.491 e. The predicted octanol–water partition coefficient (Wildman–Crippen LogP) is 4.90. The molecule has 1 aromatic heterocycles. The highest BCUT2D eigenvalue weighted by molar-refractivity contribution is 6.33. The Labute approximate surface area is 167 Å². The first-order valence-electron chi connectivity index (χ1n) is 8.74. The van der Waals surface area contributed by atoms with Gasteiger partial charge in [-0.25, -0.2) is 4.39 Å². The minimum atomic E-state index is -0.569. The van der Waals surface area contributed by atoms with Gasteiger partial charge in [-0.1, -0.05) is 41.0 Å². The number of benzene rings is 2. The average molecular weight is 403 g/mol. The maximum atomic E-state index is 14.3. The Morgan fingerprint density at radius 2 is 1.96 bits per heavy atom. The van der Waals surface area contributed by atoms with Crippen molar-refractivity contribution < 1.29 is 18.4 Å². The molecule has 0 bridgehead atoms. The van der Waals surface area contributed by atoms with Gasteiger partial charge in [-0.05, 0) is 37.6 Å². The van der Waals surface area contributed by atoms with Crippen molar-refractivity contribution in [3.05, 3.63) is 70.2 Å². The van der Waals surface area contributed by atoms with E-state index in [9.17, 15) is 9.18 Å². The Morgan fingerprint density at radius 1 is 1.21 bits per heavy atom.